The minimum absolute atomic E-state index is 0.0664. The van der Waals surface area contributed by atoms with E-state index in [-0.39, 0.29) is 5.91 Å². The first-order chi connectivity index (χ1) is 11.2. The van der Waals surface area contributed by atoms with Crippen LogP contribution in [-0.2, 0) is 0 Å². The van der Waals surface area contributed by atoms with Crippen LogP contribution in [0.5, 0.6) is 0 Å². The van der Waals surface area contributed by atoms with Crippen LogP contribution in [0.1, 0.15) is 17.4 Å². The molecule has 0 spiro atoms. The van der Waals surface area contributed by atoms with Gasteiger partial charge in [-0.2, -0.15) is 0 Å². The first-order valence-corrected chi connectivity index (χ1v) is 8.58. The second-order valence-electron chi connectivity index (χ2n) is 6.42. The number of likely N-dealkylation sites (N-methyl/N-ethyl adjacent to an activating group) is 2. The van der Waals surface area contributed by atoms with E-state index in [9.17, 15) is 4.79 Å². The monoisotopic (exact) mass is 317 g/mol. The minimum atomic E-state index is 0.0664. The number of pyridine rings is 1. The molecular weight excluding hydrogens is 290 g/mol. The summed E-state index contributed by atoms with van der Waals surface area (Å²) in [4.78, 5) is 26.0. The summed E-state index contributed by atoms with van der Waals surface area (Å²) in [6, 6.07) is 3.97. The molecule has 126 valence electrons. The van der Waals surface area contributed by atoms with Gasteiger partial charge in [-0.05, 0) is 25.7 Å². The summed E-state index contributed by atoms with van der Waals surface area (Å²) in [6.45, 7) is 10.9. The molecule has 0 saturated carbocycles. The number of aromatic nitrogens is 1. The number of amides is 1. The summed E-state index contributed by atoms with van der Waals surface area (Å²) in [5.41, 5.74) is 1.69. The third kappa shape index (κ3) is 3.82. The number of hydrogen-bond acceptors (Lipinski definition) is 5. The minimum Gasteiger partial charge on any atom is -0.369 e. The highest BCUT2D eigenvalue weighted by Gasteiger charge is 2.23. The number of hydrogen-bond donors (Lipinski definition) is 0. The second kappa shape index (κ2) is 7.27. The Bertz CT molecular complexity index is 534. The van der Waals surface area contributed by atoms with Crippen LogP contribution >= 0.6 is 0 Å². The van der Waals surface area contributed by atoms with Crippen molar-refractivity contribution in [3.63, 3.8) is 0 Å². The van der Waals surface area contributed by atoms with Gasteiger partial charge in [-0.25, -0.2) is 0 Å². The van der Waals surface area contributed by atoms with E-state index < -0.39 is 0 Å². The number of anilines is 1. The third-order valence-corrected chi connectivity index (χ3v) is 4.94. The Labute approximate surface area is 138 Å². The van der Waals surface area contributed by atoms with Crippen molar-refractivity contribution < 1.29 is 4.79 Å². The molecule has 2 aliphatic rings. The molecule has 0 radical (unpaired) electrons. The zero-order valence-electron chi connectivity index (χ0n) is 14.2. The predicted molar refractivity (Wildman–Crippen MR) is 92.0 cm³/mol. The van der Waals surface area contributed by atoms with Crippen LogP contribution in [-0.4, -0.2) is 91.5 Å². The van der Waals surface area contributed by atoms with Crippen molar-refractivity contribution in [2.75, 3.05) is 70.9 Å². The SMILES string of the molecule is CCN1CCN(C(=O)c2cc(N3CCN(C)CC3)ccn2)CC1. The zero-order chi connectivity index (χ0) is 16.2. The molecular formula is C17H27N5O. The van der Waals surface area contributed by atoms with Gasteiger partial charge in [0.15, 0.2) is 0 Å². The van der Waals surface area contributed by atoms with Gasteiger partial charge in [0.1, 0.15) is 5.69 Å². The molecule has 1 aromatic heterocycles. The molecule has 0 atom stereocenters. The van der Waals surface area contributed by atoms with E-state index in [1.54, 1.807) is 6.20 Å². The van der Waals surface area contributed by atoms with Gasteiger partial charge in [-0.1, -0.05) is 6.92 Å². The molecule has 0 N–H and O–H groups in total. The Hall–Kier alpha value is -1.66. The average Bonchev–Trinajstić information content (AvgIpc) is 2.62. The van der Waals surface area contributed by atoms with E-state index in [4.69, 9.17) is 0 Å². The van der Waals surface area contributed by atoms with Gasteiger partial charge in [0, 0.05) is 64.2 Å². The van der Waals surface area contributed by atoms with Gasteiger partial charge < -0.3 is 19.6 Å². The van der Waals surface area contributed by atoms with E-state index in [1.165, 1.54) is 0 Å². The van der Waals surface area contributed by atoms with Crippen molar-refractivity contribution >= 4 is 11.6 Å². The molecule has 1 amide bonds. The molecule has 23 heavy (non-hydrogen) atoms. The lowest BCUT2D eigenvalue weighted by molar-refractivity contribution is 0.0637. The molecule has 2 saturated heterocycles. The second-order valence-corrected chi connectivity index (χ2v) is 6.42. The number of rotatable bonds is 3. The molecule has 0 unspecified atom stereocenters. The molecule has 2 fully saturated rings. The van der Waals surface area contributed by atoms with Gasteiger partial charge in [-0.3, -0.25) is 9.78 Å². The summed E-state index contributed by atoms with van der Waals surface area (Å²) >= 11 is 0. The fraction of sp³-hybridized carbons (Fsp3) is 0.647. The molecule has 1 aromatic rings. The topological polar surface area (TPSA) is 42.9 Å². The quantitative estimate of drug-likeness (QED) is 0.817. The smallest absolute Gasteiger partial charge is 0.272 e. The highest BCUT2D eigenvalue weighted by molar-refractivity contribution is 5.93. The number of piperazine rings is 2. The summed E-state index contributed by atoms with van der Waals surface area (Å²) in [6.07, 6.45) is 1.77. The molecule has 0 aromatic carbocycles. The number of carbonyl (C=O) groups excluding carboxylic acids is 1. The summed E-state index contributed by atoms with van der Waals surface area (Å²) < 4.78 is 0. The van der Waals surface area contributed by atoms with Crippen LogP contribution < -0.4 is 4.90 Å². The first kappa shape index (κ1) is 16.2. The highest BCUT2D eigenvalue weighted by Crippen LogP contribution is 2.18. The van der Waals surface area contributed by atoms with Crippen molar-refractivity contribution in [1.29, 1.82) is 0 Å². The molecule has 6 nitrogen and oxygen atoms in total. The Morgan fingerprint density at radius 2 is 1.78 bits per heavy atom. The fourth-order valence-corrected chi connectivity index (χ4v) is 3.23. The molecule has 3 heterocycles. The van der Waals surface area contributed by atoms with Crippen LogP contribution in [0.15, 0.2) is 18.3 Å². The van der Waals surface area contributed by atoms with E-state index in [2.05, 4.69) is 33.7 Å². The largest absolute Gasteiger partial charge is 0.369 e. The van der Waals surface area contributed by atoms with Crippen LogP contribution in [0.4, 0.5) is 5.69 Å². The van der Waals surface area contributed by atoms with Gasteiger partial charge in [-0.15, -0.1) is 0 Å². The van der Waals surface area contributed by atoms with Crippen LogP contribution in [0.25, 0.3) is 0 Å². The maximum absolute atomic E-state index is 12.7. The van der Waals surface area contributed by atoms with Crippen LogP contribution in [0.2, 0.25) is 0 Å². The van der Waals surface area contributed by atoms with Gasteiger partial charge in [0.25, 0.3) is 5.91 Å². The lowest BCUT2D eigenvalue weighted by atomic mass is 10.2. The van der Waals surface area contributed by atoms with Gasteiger partial charge in [0.2, 0.25) is 0 Å². The maximum Gasteiger partial charge on any atom is 0.272 e. The summed E-state index contributed by atoms with van der Waals surface area (Å²) in [5.74, 6) is 0.0664. The average molecular weight is 317 g/mol. The lowest BCUT2D eigenvalue weighted by Crippen LogP contribution is -2.48. The van der Waals surface area contributed by atoms with Crippen molar-refractivity contribution in [2.45, 2.75) is 6.92 Å². The predicted octanol–water partition coefficient (Wildman–Crippen LogP) is 0.611. The number of nitrogens with zero attached hydrogens (tertiary/aromatic N) is 5. The van der Waals surface area contributed by atoms with Crippen LogP contribution in [0, 0.1) is 0 Å². The van der Waals surface area contributed by atoms with Crippen molar-refractivity contribution in [3.05, 3.63) is 24.0 Å². The third-order valence-electron chi connectivity index (χ3n) is 4.94. The lowest BCUT2D eigenvalue weighted by Gasteiger charge is -2.35. The highest BCUT2D eigenvalue weighted by atomic mass is 16.2. The van der Waals surface area contributed by atoms with Gasteiger partial charge in [0.05, 0.1) is 0 Å². The zero-order valence-corrected chi connectivity index (χ0v) is 14.2. The van der Waals surface area contributed by atoms with E-state index in [0.717, 1.165) is 64.6 Å². The molecule has 0 aliphatic carbocycles. The Morgan fingerprint density at radius 1 is 1.09 bits per heavy atom. The molecule has 0 bridgehead atoms. The Balaban J connectivity index is 1.66. The first-order valence-electron chi connectivity index (χ1n) is 8.58. The molecule has 2 aliphatic heterocycles. The summed E-state index contributed by atoms with van der Waals surface area (Å²) in [5, 5.41) is 0. The summed E-state index contributed by atoms with van der Waals surface area (Å²) in [7, 11) is 2.15. The maximum atomic E-state index is 12.7. The standard InChI is InChI=1S/C17H27N5O/c1-3-20-8-12-22(13-9-20)17(23)16-14-15(4-5-18-16)21-10-6-19(2)7-11-21/h4-5,14H,3,6-13H2,1-2H3. The molecule has 6 heteroatoms. The van der Waals surface area contributed by atoms with E-state index in [1.807, 2.05) is 17.0 Å². The normalized spacial score (nSPS) is 20.8. The number of carbonyl (C=O) groups is 1. The Morgan fingerprint density at radius 3 is 2.43 bits per heavy atom. The molecule has 3 rings (SSSR count). The van der Waals surface area contributed by atoms with Crippen molar-refractivity contribution in [1.82, 2.24) is 19.7 Å². The Kier molecular flexibility index (Phi) is 5.13. The van der Waals surface area contributed by atoms with Gasteiger partial charge >= 0.3 is 0 Å². The van der Waals surface area contributed by atoms with E-state index >= 15 is 0 Å². The van der Waals surface area contributed by atoms with Crippen molar-refractivity contribution in [2.24, 2.45) is 0 Å². The van der Waals surface area contributed by atoms with Crippen LogP contribution in [0.3, 0.4) is 0 Å². The van der Waals surface area contributed by atoms with Crippen molar-refractivity contribution in [3.8, 4) is 0 Å². The van der Waals surface area contributed by atoms with E-state index in [0.29, 0.717) is 5.69 Å². The fourth-order valence-electron chi connectivity index (χ4n) is 3.23.